The van der Waals surface area contributed by atoms with Gasteiger partial charge in [-0.3, -0.25) is 9.48 Å². The molecule has 1 aliphatic heterocycles. The Morgan fingerprint density at radius 3 is 2.62 bits per heavy atom. The van der Waals surface area contributed by atoms with Crippen LogP contribution in [-0.4, -0.2) is 50.1 Å². The molecule has 1 aromatic heterocycles. The first kappa shape index (κ1) is 15.4. The van der Waals surface area contributed by atoms with Crippen LogP contribution < -0.4 is 0 Å². The highest BCUT2D eigenvalue weighted by Crippen LogP contribution is 2.33. The van der Waals surface area contributed by atoms with Gasteiger partial charge in [-0.15, -0.1) is 0 Å². The van der Waals surface area contributed by atoms with E-state index in [1.54, 1.807) is 13.0 Å². The first-order chi connectivity index (χ1) is 9.75. The molecule has 0 radical (unpaired) electrons. The molecule has 1 aromatic rings. The van der Waals surface area contributed by atoms with Crippen LogP contribution in [0.25, 0.3) is 0 Å². The number of rotatable bonds is 4. The summed E-state index contributed by atoms with van der Waals surface area (Å²) >= 11 is 0. The van der Waals surface area contributed by atoms with Gasteiger partial charge in [0.05, 0.1) is 0 Å². The van der Waals surface area contributed by atoms with Crippen LogP contribution in [0.3, 0.4) is 0 Å². The largest absolute Gasteiger partial charge is 0.364 e. The van der Waals surface area contributed by atoms with Crippen molar-refractivity contribution in [1.29, 1.82) is 0 Å². The lowest BCUT2D eigenvalue weighted by Gasteiger charge is -2.30. The van der Waals surface area contributed by atoms with E-state index in [1.165, 1.54) is 10.9 Å². The lowest BCUT2D eigenvalue weighted by atomic mass is 10.1. The van der Waals surface area contributed by atoms with Crippen LogP contribution in [0.5, 0.6) is 0 Å². The zero-order valence-electron chi connectivity index (χ0n) is 10.9. The first-order valence-electron chi connectivity index (χ1n) is 5.93. The number of hydrogen-bond donors (Lipinski definition) is 1. The maximum atomic E-state index is 12.9. The highest BCUT2D eigenvalue weighted by Gasteiger charge is 2.53. The molecule has 2 rings (SSSR count). The topological polar surface area (TPSA) is 70.7 Å². The Morgan fingerprint density at radius 2 is 2.14 bits per heavy atom. The Kier molecular flexibility index (Phi) is 3.99. The van der Waals surface area contributed by atoms with Crippen molar-refractivity contribution in [2.45, 2.75) is 38.5 Å². The maximum absolute atomic E-state index is 12.9. The number of alkyl halides is 4. The van der Waals surface area contributed by atoms with Gasteiger partial charge in [0.15, 0.2) is 0 Å². The van der Waals surface area contributed by atoms with Crippen LogP contribution in [0.15, 0.2) is 17.4 Å². The monoisotopic (exact) mass is 308 g/mol. The molecule has 1 N–H and O–H groups in total. The molecule has 0 saturated carbocycles. The molecule has 10 heteroatoms. The molecule has 21 heavy (non-hydrogen) atoms. The number of carbonyl (C=O) groups is 1. The van der Waals surface area contributed by atoms with E-state index in [-0.39, 0.29) is 5.01 Å². The van der Waals surface area contributed by atoms with Gasteiger partial charge in [-0.2, -0.15) is 15.2 Å². The number of aryl methyl sites for hydroxylation is 1. The molecule has 1 amide bonds. The zero-order valence-corrected chi connectivity index (χ0v) is 10.9. The quantitative estimate of drug-likeness (QED) is 0.844. The van der Waals surface area contributed by atoms with E-state index in [4.69, 9.17) is 0 Å². The van der Waals surface area contributed by atoms with Crippen molar-refractivity contribution in [3.8, 4) is 0 Å². The molecule has 0 fully saturated rings. The number of halogens is 4. The Morgan fingerprint density at radius 1 is 1.48 bits per heavy atom. The molecule has 6 nitrogen and oxygen atoms in total. The van der Waals surface area contributed by atoms with Crippen molar-refractivity contribution in [2.75, 3.05) is 0 Å². The highest BCUT2D eigenvalue weighted by molar-refractivity contribution is 5.92. The van der Waals surface area contributed by atoms with Crippen molar-refractivity contribution >= 4 is 11.6 Å². The second-order valence-electron chi connectivity index (χ2n) is 4.58. The number of aromatic nitrogens is 2. The van der Waals surface area contributed by atoms with Gasteiger partial charge in [0.1, 0.15) is 12.3 Å². The van der Waals surface area contributed by atoms with E-state index >= 15 is 0 Å². The predicted molar refractivity (Wildman–Crippen MR) is 62.8 cm³/mol. The molecule has 1 aliphatic rings. The summed E-state index contributed by atoms with van der Waals surface area (Å²) in [6.45, 7) is 1.13. The number of aliphatic hydroxyl groups is 1. The summed E-state index contributed by atoms with van der Waals surface area (Å²) in [7, 11) is 0. The van der Waals surface area contributed by atoms with Crippen LogP contribution in [0.2, 0.25) is 0 Å². The van der Waals surface area contributed by atoms with Gasteiger partial charge in [0.2, 0.25) is 5.72 Å². The second kappa shape index (κ2) is 5.43. The Hall–Kier alpha value is -1.97. The summed E-state index contributed by atoms with van der Waals surface area (Å²) in [5.74, 6) is -1.06. The minimum atomic E-state index is -3.43. The van der Waals surface area contributed by atoms with E-state index in [2.05, 4.69) is 10.2 Å². The van der Waals surface area contributed by atoms with Gasteiger partial charge in [-0.25, -0.2) is 17.6 Å². The summed E-state index contributed by atoms with van der Waals surface area (Å²) in [6.07, 6.45) is -6.26. The molecule has 0 unspecified atom stereocenters. The lowest BCUT2D eigenvalue weighted by molar-refractivity contribution is -0.192. The minimum absolute atomic E-state index is 0.0281. The fraction of sp³-hybridized carbons (Fsp3) is 0.545. The summed E-state index contributed by atoms with van der Waals surface area (Å²) in [6, 6.07) is 1.57. The normalized spacial score (nSPS) is 22.3. The maximum Gasteiger partial charge on any atom is 0.287 e. The van der Waals surface area contributed by atoms with Crippen LogP contribution in [0.4, 0.5) is 17.6 Å². The molecule has 0 bridgehead atoms. The third-order valence-electron chi connectivity index (χ3n) is 3.09. The van der Waals surface area contributed by atoms with Gasteiger partial charge in [0.25, 0.3) is 18.8 Å². The average molecular weight is 308 g/mol. The van der Waals surface area contributed by atoms with Gasteiger partial charge >= 0.3 is 0 Å². The Bertz CT molecular complexity index is 574. The van der Waals surface area contributed by atoms with Crippen molar-refractivity contribution < 1.29 is 27.5 Å². The van der Waals surface area contributed by atoms with Crippen LogP contribution in [-0.2, 0) is 11.3 Å². The van der Waals surface area contributed by atoms with Crippen molar-refractivity contribution in [3.63, 3.8) is 0 Å². The van der Waals surface area contributed by atoms with Crippen LogP contribution >= 0.6 is 0 Å². The van der Waals surface area contributed by atoms with E-state index in [9.17, 15) is 27.5 Å². The summed E-state index contributed by atoms with van der Waals surface area (Å²) in [5, 5.41) is 16.8. The highest BCUT2D eigenvalue weighted by atomic mass is 19.3. The van der Waals surface area contributed by atoms with Crippen molar-refractivity contribution in [1.82, 2.24) is 14.8 Å². The SMILES string of the molecule is Cc1ccnn1CC(=O)N1N=C(C(F)F)C[C@@]1(O)C(F)F. The fourth-order valence-electron chi connectivity index (χ4n) is 1.91. The molecule has 0 aliphatic carbocycles. The molecule has 1 atom stereocenters. The molecular weight excluding hydrogens is 296 g/mol. The Balaban J connectivity index is 2.25. The molecule has 116 valence electrons. The van der Waals surface area contributed by atoms with Crippen molar-refractivity contribution in [3.05, 3.63) is 18.0 Å². The molecule has 0 saturated heterocycles. The summed E-state index contributed by atoms with van der Waals surface area (Å²) in [5.41, 5.74) is -3.44. The number of hydrogen-bond acceptors (Lipinski definition) is 4. The fourth-order valence-corrected chi connectivity index (χ4v) is 1.91. The molecule has 0 aromatic carbocycles. The smallest absolute Gasteiger partial charge is 0.287 e. The van der Waals surface area contributed by atoms with Crippen LogP contribution in [0, 0.1) is 6.92 Å². The minimum Gasteiger partial charge on any atom is -0.364 e. The van der Waals surface area contributed by atoms with E-state index in [0.717, 1.165) is 0 Å². The number of amides is 1. The molecule has 2 heterocycles. The number of carbonyl (C=O) groups excluding carboxylic acids is 1. The first-order valence-corrected chi connectivity index (χ1v) is 5.93. The average Bonchev–Trinajstić information content (AvgIpc) is 2.95. The van der Waals surface area contributed by atoms with E-state index < -0.39 is 43.2 Å². The second-order valence-corrected chi connectivity index (χ2v) is 4.58. The standard InChI is InChI=1S/C11H12F4N4O2/c1-6-2-3-16-18(6)5-8(20)19-11(21,10(14)15)4-7(17-19)9(12)13/h2-3,9-10,21H,4-5H2,1H3/t11-/m1/s1. The number of nitrogens with zero attached hydrogens (tertiary/aromatic N) is 4. The molecule has 0 spiro atoms. The summed E-state index contributed by atoms with van der Waals surface area (Å²) in [4.78, 5) is 12.0. The molecular formula is C11H12F4N4O2. The predicted octanol–water partition coefficient (Wildman–Crippen LogP) is 0.999. The van der Waals surface area contributed by atoms with E-state index in [1.807, 2.05) is 0 Å². The third kappa shape index (κ3) is 2.75. The summed E-state index contributed by atoms with van der Waals surface area (Å²) < 4.78 is 52.2. The van der Waals surface area contributed by atoms with Gasteiger partial charge in [-0.05, 0) is 13.0 Å². The lowest BCUT2D eigenvalue weighted by Crippen LogP contribution is -2.52. The van der Waals surface area contributed by atoms with E-state index in [0.29, 0.717) is 5.69 Å². The Labute approximate surface area is 116 Å². The third-order valence-corrected chi connectivity index (χ3v) is 3.09. The van der Waals surface area contributed by atoms with Crippen molar-refractivity contribution in [2.24, 2.45) is 5.10 Å². The van der Waals surface area contributed by atoms with Crippen LogP contribution in [0.1, 0.15) is 12.1 Å². The zero-order chi connectivity index (χ0) is 15.8. The van der Waals surface area contributed by atoms with Gasteiger partial charge in [0, 0.05) is 18.3 Å². The number of hydrazone groups is 1. The van der Waals surface area contributed by atoms with Gasteiger partial charge in [-0.1, -0.05) is 0 Å². The van der Waals surface area contributed by atoms with Gasteiger partial charge < -0.3 is 5.11 Å².